The van der Waals surface area contributed by atoms with Gasteiger partial charge in [0.05, 0.1) is 12.2 Å². The molecule has 3 rings (SSSR count). The van der Waals surface area contributed by atoms with Gasteiger partial charge in [0.25, 0.3) is 0 Å². The third-order valence-corrected chi connectivity index (χ3v) is 6.33. The summed E-state index contributed by atoms with van der Waals surface area (Å²) in [5.74, 6) is -0.239. The van der Waals surface area contributed by atoms with Crippen molar-refractivity contribution in [3.05, 3.63) is 90.5 Å². The molecular weight excluding hydrogens is 327 g/mol. The summed E-state index contributed by atoms with van der Waals surface area (Å²) < 4.78 is 5.41. The first-order chi connectivity index (χ1) is 12.3. The minimum Gasteiger partial charge on any atom is -0.462 e. The topological polar surface area (TPSA) is 26.3 Å². The largest absolute Gasteiger partial charge is 0.462 e. The van der Waals surface area contributed by atoms with Crippen molar-refractivity contribution in [2.75, 3.05) is 6.61 Å². The molecular formula is C22H21O2P. The van der Waals surface area contributed by atoms with Crippen LogP contribution in [0, 0.1) is 0 Å². The zero-order valence-corrected chi connectivity index (χ0v) is 15.2. The van der Waals surface area contributed by atoms with Crippen molar-refractivity contribution in [1.82, 2.24) is 0 Å². The van der Waals surface area contributed by atoms with Crippen LogP contribution in [0.15, 0.2) is 84.9 Å². The Balaban J connectivity index is 2.10. The lowest BCUT2D eigenvalue weighted by Gasteiger charge is -2.21. The second kappa shape index (κ2) is 8.60. The number of esters is 1. The van der Waals surface area contributed by atoms with Crippen molar-refractivity contribution >= 4 is 29.8 Å². The maximum atomic E-state index is 12.6. The first-order valence-electron chi connectivity index (χ1n) is 8.47. The zero-order valence-electron chi connectivity index (χ0n) is 14.3. The summed E-state index contributed by atoms with van der Waals surface area (Å²) in [4.78, 5) is 12.6. The summed E-state index contributed by atoms with van der Waals surface area (Å²) in [7, 11) is -0.815. The Bertz CT molecular complexity index is 776. The van der Waals surface area contributed by atoms with Crippen molar-refractivity contribution in [1.29, 1.82) is 0 Å². The van der Waals surface area contributed by atoms with Crippen LogP contribution in [0.25, 0.3) is 0 Å². The van der Waals surface area contributed by atoms with Gasteiger partial charge in [0.2, 0.25) is 0 Å². The third kappa shape index (κ3) is 4.15. The number of carbonyl (C=O) groups is 1. The maximum absolute atomic E-state index is 12.6. The average Bonchev–Trinajstić information content (AvgIpc) is 2.68. The van der Waals surface area contributed by atoms with E-state index in [4.69, 9.17) is 4.74 Å². The van der Waals surface area contributed by atoms with E-state index in [9.17, 15) is 4.79 Å². The van der Waals surface area contributed by atoms with Crippen molar-refractivity contribution in [2.24, 2.45) is 0 Å². The van der Waals surface area contributed by atoms with Crippen LogP contribution in [0.4, 0.5) is 0 Å². The second-order valence-corrected chi connectivity index (χ2v) is 7.84. The lowest BCUT2D eigenvalue weighted by atomic mass is 10.2. The van der Waals surface area contributed by atoms with Gasteiger partial charge in [-0.15, -0.1) is 0 Å². The smallest absolute Gasteiger partial charge is 0.338 e. The van der Waals surface area contributed by atoms with E-state index in [-0.39, 0.29) is 5.97 Å². The summed E-state index contributed by atoms with van der Waals surface area (Å²) in [6.07, 6.45) is 0.819. The summed E-state index contributed by atoms with van der Waals surface area (Å²) in [5, 5.41) is 3.48. The van der Waals surface area contributed by atoms with Crippen LogP contribution in [0.1, 0.15) is 23.7 Å². The molecule has 0 aliphatic heterocycles. The van der Waals surface area contributed by atoms with Crippen LogP contribution in [0.2, 0.25) is 0 Å². The number of carbonyl (C=O) groups excluding carboxylic acids is 1. The molecule has 0 heterocycles. The molecule has 126 valence electrons. The van der Waals surface area contributed by atoms with E-state index in [1.807, 2.05) is 67.6 Å². The summed E-state index contributed by atoms with van der Waals surface area (Å²) >= 11 is 0. The molecule has 0 spiro atoms. The van der Waals surface area contributed by atoms with E-state index in [0.29, 0.717) is 12.2 Å². The van der Waals surface area contributed by atoms with Crippen LogP contribution >= 0.6 is 7.92 Å². The maximum Gasteiger partial charge on any atom is 0.338 e. The lowest BCUT2D eigenvalue weighted by molar-refractivity contribution is 0.0507. The minimum atomic E-state index is -0.815. The molecule has 0 bridgehead atoms. The van der Waals surface area contributed by atoms with Crippen LogP contribution < -0.4 is 15.9 Å². The van der Waals surface area contributed by atoms with E-state index in [1.54, 1.807) is 0 Å². The molecule has 0 atom stereocenters. The van der Waals surface area contributed by atoms with Crippen molar-refractivity contribution in [3.8, 4) is 0 Å². The molecule has 0 amide bonds. The van der Waals surface area contributed by atoms with Gasteiger partial charge in [-0.05, 0) is 36.3 Å². The lowest BCUT2D eigenvalue weighted by Crippen LogP contribution is -2.26. The van der Waals surface area contributed by atoms with E-state index in [2.05, 4.69) is 24.3 Å². The molecule has 0 unspecified atom stereocenters. The molecule has 0 aliphatic carbocycles. The fraction of sp³-hybridized carbons (Fsp3) is 0.136. The Hall–Kier alpha value is -2.44. The predicted octanol–water partition coefficient (Wildman–Crippen LogP) is 4.01. The van der Waals surface area contributed by atoms with Crippen LogP contribution in [0.5, 0.6) is 0 Å². The Morgan fingerprint density at radius 3 is 1.88 bits per heavy atom. The number of hydrogen-bond donors (Lipinski definition) is 0. The van der Waals surface area contributed by atoms with Gasteiger partial charge < -0.3 is 4.74 Å². The Kier molecular flexibility index (Phi) is 5.98. The molecule has 0 fully saturated rings. The highest BCUT2D eigenvalue weighted by Gasteiger charge is 2.22. The quantitative estimate of drug-likeness (QED) is 0.497. The number of ether oxygens (including phenoxy) is 1. The highest BCUT2D eigenvalue weighted by Crippen LogP contribution is 2.34. The van der Waals surface area contributed by atoms with E-state index < -0.39 is 7.92 Å². The third-order valence-electron chi connectivity index (χ3n) is 3.83. The van der Waals surface area contributed by atoms with Gasteiger partial charge in [0.1, 0.15) is 0 Å². The van der Waals surface area contributed by atoms with Gasteiger partial charge >= 0.3 is 5.97 Å². The first kappa shape index (κ1) is 17.4. The molecule has 0 aromatic heterocycles. The van der Waals surface area contributed by atoms with Gasteiger partial charge in [-0.25, -0.2) is 4.79 Å². The predicted molar refractivity (Wildman–Crippen MR) is 106 cm³/mol. The molecule has 0 N–H and O–H groups in total. The minimum absolute atomic E-state index is 0.239. The summed E-state index contributed by atoms with van der Waals surface area (Å²) in [5.41, 5.74) is 0.662. The van der Waals surface area contributed by atoms with E-state index in [0.717, 1.165) is 11.7 Å². The summed E-state index contributed by atoms with van der Waals surface area (Å²) in [6.45, 7) is 2.45. The standard InChI is InChI=1S/C22H21O2P/c1-2-17-24-22(23)20-15-9-10-16-21(20)25(18-11-5-3-6-12-18)19-13-7-4-8-14-19/h3-16H,2,17H2,1H3. The number of rotatable bonds is 6. The van der Waals surface area contributed by atoms with Crippen LogP contribution in [-0.4, -0.2) is 12.6 Å². The molecule has 0 saturated carbocycles. The monoisotopic (exact) mass is 348 g/mol. The highest BCUT2D eigenvalue weighted by atomic mass is 31.1. The Morgan fingerprint density at radius 1 is 0.800 bits per heavy atom. The molecule has 2 nitrogen and oxygen atoms in total. The fourth-order valence-corrected chi connectivity index (χ4v) is 5.13. The number of benzene rings is 3. The fourth-order valence-electron chi connectivity index (χ4n) is 2.70. The zero-order chi connectivity index (χ0) is 17.5. The average molecular weight is 348 g/mol. The first-order valence-corrected chi connectivity index (χ1v) is 9.82. The van der Waals surface area contributed by atoms with Crippen molar-refractivity contribution < 1.29 is 9.53 Å². The molecule has 25 heavy (non-hydrogen) atoms. The van der Waals surface area contributed by atoms with Gasteiger partial charge in [-0.1, -0.05) is 85.8 Å². The highest BCUT2D eigenvalue weighted by molar-refractivity contribution is 7.80. The van der Waals surface area contributed by atoms with Gasteiger partial charge in [-0.2, -0.15) is 0 Å². The van der Waals surface area contributed by atoms with E-state index in [1.165, 1.54) is 10.6 Å². The van der Waals surface area contributed by atoms with Gasteiger partial charge in [0, 0.05) is 0 Å². The van der Waals surface area contributed by atoms with Crippen LogP contribution in [0.3, 0.4) is 0 Å². The second-order valence-electron chi connectivity index (χ2n) is 5.66. The molecule has 0 radical (unpaired) electrons. The van der Waals surface area contributed by atoms with Gasteiger partial charge in [0.15, 0.2) is 0 Å². The molecule has 3 heteroatoms. The Morgan fingerprint density at radius 2 is 1.32 bits per heavy atom. The van der Waals surface area contributed by atoms with E-state index >= 15 is 0 Å². The molecule has 3 aromatic rings. The normalized spacial score (nSPS) is 10.6. The molecule has 3 aromatic carbocycles. The number of hydrogen-bond acceptors (Lipinski definition) is 2. The SMILES string of the molecule is CCCOC(=O)c1ccccc1P(c1ccccc1)c1ccccc1. The van der Waals surface area contributed by atoms with Gasteiger partial charge in [-0.3, -0.25) is 0 Å². The van der Waals surface area contributed by atoms with Crippen molar-refractivity contribution in [2.45, 2.75) is 13.3 Å². The molecule has 0 aliphatic rings. The Labute approximate surface area is 150 Å². The van der Waals surface area contributed by atoms with Crippen LogP contribution in [-0.2, 0) is 4.74 Å². The summed E-state index contributed by atoms with van der Waals surface area (Å²) in [6, 6.07) is 28.6. The molecule has 0 saturated heterocycles. The van der Waals surface area contributed by atoms with Crippen molar-refractivity contribution in [3.63, 3.8) is 0 Å².